The van der Waals surface area contributed by atoms with E-state index in [0.717, 1.165) is 19.3 Å². The van der Waals surface area contributed by atoms with Gasteiger partial charge in [-0.25, -0.2) is 13.1 Å². The lowest BCUT2D eigenvalue weighted by atomic mass is 9.89. The van der Waals surface area contributed by atoms with E-state index in [2.05, 4.69) is 18.6 Å². The Kier molecular flexibility index (Phi) is 4.28. The minimum Gasteiger partial charge on any atom is -0.328 e. The third kappa shape index (κ3) is 3.35. The van der Waals surface area contributed by atoms with Gasteiger partial charge < -0.3 is 5.73 Å². The van der Waals surface area contributed by atoms with Gasteiger partial charge in [0.25, 0.3) is 0 Å². The van der Waals surface area contributed by atoms with E-state index in [1.165, 1.54) is 5.56 Å². The standard InChI is InChI=1S/C14H22N2O2S/c1-3-10(2)11-4-6-14(7-5-11)19(17,18)16-13-8-12(15)9-13/h4-7,10,12-13,16H,3,8-9,15H2,1-2H3. The zero-order chi connectivity index (χ0) is 14.0. The van der Waals surface area contributed by atoms with Crippen LogP contribution in [0.4, 0.5) is 0 Å². The van der Waals surface area contributed by atoms with Gasteiger partial charge in [0.1, 0.15) is 0 Å². The van der Waals surface area contributed by atoms with E-state index in [0.29, 0.717) is 10.8 Å². The molecule has 0 heterocycles. The van der Waals surface area contributed by atoms with Gasteiger partial charge in [0.2, 0.25) is 10.0 Å². The molecule has 2 rings (SSSR count). The van der Waals surface area contributed by atoms with Crippen molar-refractivity contribution in [3.63, 3.8) is 0 Å². The van der Waals surface area contributed by atoms with Gasteiger partial charge in [-0.2, -0.15) is 0 Å². The first-order chi connectivity index (χ1) is 8.92. The highest BCUT2D eigenvalue weighted by molar-refractivity contribution is 7.89. The second kappa shape index (κ2) is 5.61. The summed E-state index contributed by atoms with van der Waals surface area (Å²) in [6.07, 6.45) is 2.50. The Morgan fingerprint density at radius 3 is 2.37 bits per heavy atom. The summed E-state index contributed by atoms with van der Waals surface area (Å²) in [6.45, 7) is 4.26. The van der Waals surface area contributed by atoms with Crippen molar-refractivity contribution in [3.8, 4) is 0 Å². The molecule has 0 radical (unpaired) electrons. The first kappa shape index (κ1) is 14.5. The van der Waals surface area contributed by atoms with Gasteiger partial charge in [0.05, 0.1) is 4.90 Å². The summed E-state index contributed by atoms with van der Waals surface area (Å²) in [5, 5.41) is 0. The Morgan fingerprint density at radius 2 is 1.89 bits per heavy atom. The van der Waals surface area contributed by atoms with Crippen LogP contribution in [0.3, 0.4) is 0 Å². The molecule has 0 saturated heterocycles. The molecule has 0 aromatic heterocycles. The van der Waals surface area contributed by atoms with Crippen LogP contribution < -0.4 is 10.5 Å². The number of rotatable bonds is 5. The maximum atomic E-state index is 12.1. The molecule has 1 aromatic carbocycles. The molecule has 1 fully saturated rings. The molecule has 19 heavy (non-hydrogen) atoms. The van der Waals surface area contributed by atoms with Crippen molar-refractivity contribution in [2.24, 2.45) is 5.73 Å². The molecule has 5 heteroatoms. The topological polar surface area (TPSA) is 72.2 Å². The Labute approximate surface area is 115 Å². The van der Waals surface area contributed by atoms with E-state index in [1.807, 2.05) is 12.1 Å². The van der Waals surface area contributed by atoms with Crippen LogP contribution in [0.25, 0.3) is 0 Å². The predicted octanol–water partition coefficient (Wildman–Crippen LogP) is 1.97. The van der Waals surface area contributed by atoms with Crippen LogP contribution >= 0.6 is 0 Å². The molecule has 1 aromatic rings. The fourth-order valence-corrected chi connectivity index (χ4v) is 3.52. The molecular formula is C14H22N2O2S. The molecule has 1 unspecified atom stereocenters. The van der Waals surface area contributed by atoms with E-state index in [1.54, 1.807) is 12.1 Å². The highest BCUT2D eigenvalue weighted by Crippen LogP contribution is 2.23. The Hall–Kier alpha value is -0.910. The fraction of sp³-hybridized carbons (Fsp3) is 0.571. The molecule has 1 saturated carbocycles. The van der Waals surface area contributed by atoms with Crippen molar-refractivity contribution in [2.75, 3.05) is 0 Å². The third-order valence-electron chi connectivity index (χ3n) is 3.87. The van der Waals surface area contributed by atoms with Crippen molar-refractivity contribution in [1.82, 2.24) is 4.72 Å². The van der Waals surface area contributed by atoms with Gasteiger partial charge in [-0.3, -0.25) is 0 Å². The first-order valence-electron chi connectivity index (χ1n) is 6.80. The van der Waals surface area contributed by atoms with Crippen molar-refractivity contribution in [1.29, 1.82) is 0 Å². The van der Waals surface area contributed by atoms with Crippen LogP contribution in [0.1, 0.15) is 44.6 Å². The zero-order valence-corrected chi connectivity index (χ0v) is 12.3. The van der Waals surface area contributed by atoms with E-state index in [-0.39, 0.29) is 12.1 Å². The molecule has 3 N–H and O–H groups in total. The molecule has 0 spiro atoms. The molecule has 1 aliphatic carbocycles. The average molecular weight is 282 g/mol. The quantitative estimate of drug-likeness (QED) is 0.867. The monoisotopic (exact) mass is 282 g/mol. The van der Waals surface area contributed by atoms with Crippen LogP contribution in [-0.2, 0) is 10.0 Å². The molecule has 4 nitrogen and oxygen atoms in total. The first-order valence-corrected chi connectivity index (χ1v) is 8.28. The van der Waals surface area contributed by atoms with Crippen LogP contribution in [0.2, 0.25) is 0 Å². The summed E-state index contributed by atoms with van der Waals surface area (Å²) >= 11 is 0. The second-order valence-corrected chi connectivity index (χ2v) is 7.14. The number of hydrogen-bond donors (Lipinski definition) is 2. The normalized spacial score (nSPS) is 24.8. The summed E-state index contributed by atoms with van der Waals surface area (Å²) in [5.41, 5.74) is 6.83. The molecule has 0 bridgehead atoms. The van der Waals surface area contributed by atoms with Gasteiger partial charge >= 0.3 is 0 Å². The lowest BCUT2D eigenvalue weighted by Gasteiger charge is -2.32. The van der Waals surface area contributed by atoms with Gasteiger partial charge in [0, 0.05) is 12.1 Å². The molecule has 1 atom stereocenters. The number of hydrogen-bond acceptors (Lipinski definition) is 3. The van der Waals surface area contributed by atoms with E-state index < -0.39 is 10.0 Å². The smallest absolute Gasteiger partial charge is 0.240 e. The SMILES string of the molecule is CCC(C)c1ccc(S(=O)(=O)NC2CC(N)C2)cc1. The average Bonchev–Trinajstić information content (AvgIpc) is 2.36. The van der Waals surface area contributed by atoms with Crippen LogP contribution in [0.15, 0.2) is 29.2 Å². The number of nitrogens with one attached hydrogen (secondary N) is 1. The summed E-state index contributed by atoms with van der Waals surface area (Å²) in [4.78, 5) is 0.333. The van der Waals surface area contributed by atoms with E-state index in [4.69, 9.17) is 5.73 Å². The maximum Gasteiger partial charge on any atom is 0.240 e. The molecule has 0 amide bonds. The number of nitrogens with two attached hydrogens (primary N) is 1. The second-order valence-electron chi connectivity index (χ2n) is 5.43. The molecule has 106 valence electrons. The maximum absolute atomic E-state index is 12.1. The highest BCUT2D eigenvalue weighted by Gasteiger charge is 2.30. The molecule has 0 aliphatic heterocycles. The fourth-order valence-electron chi connectivity index (χ4n) is 2.26. The summed E-state index contributed by atoms with van der Waals surface area (Å²) < 4.78 is 27.0. The van der Waals surface area contributed by atoms with Gasteiger partial charge in [-0.1, -0.05) is 26.0 Å². The van der Waals surface area contributed by atoms with Crippen molar-refractivity contribution in [2.45, 2.75) is 56.0 Å². The largest absolute Gasteiger partial charge is 0.328 e. The molecule has 1 aliphatic rings. The summed E-state index contributed by atoms with van der Waals surface area (Å²) in [5.74, 6) is 0.453. The Balaban J connectivity index is 2.08. The summed E-state index contributed by atoms with van der Waals surface area (Å²) in [6, 6.07) is 7.30. The van der Waals surface area contributed by atoms with Crippen molar-refractivity contribution < 1.29 is 8.42 Å². The highest BCUT2D eigenvalue weighted by atomic mass is 32.2. The Bertz CT molecular complexity index is 519. The zero-order valence-electron chi connectivity index (χ0n) is 11.5. The lowest BCUT2D eigenvalue weighted by molar-refractivity contribution is 0.327. The third-order valence-corrected chi connectivity index (χ3v) is 5.40. The minimum absolute atomic E-state index is 0.00533. The number of sulfonamides is 1. The molecular weight excluding hydrogens is 260 g/mol. The van der Waals surface area contributed by atoms with E-state index >= 15 is 0 Å². The van der Waals surface area contributed by atoms with Crippen LogP contribution in [0.5, 0.6) is 0 Å². The van der Waals surface area contributed by atoms with Gasteiger partial charge in [-0.05, 0) is 42.9 Å². The number of benzene rings is 1. The van der Waals surface area contributed by atoms with Gasteiger partial charge in [0.15, 0.2) is 0 Å². The van der Waals surface area contributed by atoms with Crippen molar-refractivity contribution >= 4 is 10.0 Å². The Morgan fingerprint density at radius 1 is 1.32 bits per heavy atom. The van der Waals surface area contributed by atoms with Crippen molar-refractivity contribution in [3.05, 3.63) is 29.8 Å². The summed E-state index contributed by atoms with van der Waals surface area (Å²) in [7, 11) is -3.40. The van der Waals surface area contributed by atoms with Crippen LogP contribution in [0, 0.1) is 0 Å². The van der Waals surface area contributed by atoms with E-state index in [9.17, 15) is 8.42 Å². The van der Waals surface area contributed by atoms with Crippen LogP contribution in [-0.4, -0.2) is 20.5 Å². The predicted molar refractivity (Wildman–Crippen MR) is 76.5 cm³/mol. The van der Waals surface area contributed by atoms with Gasteiger partial charge in [-0.15, -0.1) is 0 Å². The minimum atomic E-state index is -3.40. The lowest BCUT2D eigenvalue weighted by Crippen LogP contribution is -2.50.